The Kier molecular flexibility index (Phi) is 5.16. The van der Waals surface area contributed by atoms with Crippen molar-refractivity contribution in [3.05, 3.63) is 41.7 Å². The standard InChI is InChI=1S/C20H28N4O2S/c1-14-21-18(23-16-8-6-15(7-9-16)20(2,3)4)12-19(22-14)24(5)17-10-11-27(25,26)13-17/h6-9,12,17H,10-11,13H2,1-5H3,(H,21,22,23). The van der Waals surface area contributed by atoms with Crippen molar-refractivity contribution in [2.75, 3.05) is 28.8 Å². The third-order valence-electron chi connectivity index (χ3n) is 4.97. The summed E-state index contributed by atoms with van der Waals surface area (Å²) < 4.78 is 23.6. The molecule has 0 aliphatic carbocycles. The van der Waals surface area contributed by atoms with Gasteiger partial charge in [-0.3, -0.25) is 0 Å². The lowest BCUT2D eigenvalue weighted by molar-refractivity contribution is 0.590. The van der Waals surface area contributed by atoms with Crippen molar-refractivity contribution in [3.63, 3.8) is 0 Å². The van der Waals surface area contributed by atoms with E-state index >= 15 is 0 Å². The molecule has 1 fully saturated rings. The Bertz CT molecular complexity index is 918. The van der Waals surface area contributed by atoms with Gasteiger partial charge < -0.3 is 10.2 Å². The zero-order valence-electron chi connectivity index (χ0n) is 16.7. The SMILES string of the molecule is Cc1nc(Nc2ccc(C(C)(C)C)cc2)cc(N(C)C2CCS(=O)(=O)C2)n1. The maximum Gasteiger partial charge on any atom is 0.152 e. The normalized spacial score (nSPS) is 19.1. The molecule has 2 heterocycles. The lowest BCUT2D eigenvalue weighted by Gasteiger charge is -2.25. The lowest BCUT2D eigenvalue weighted by atomic mass is 9.87. The first-order valence-electron chi connectivity index (χ1n) is 9.20. The highest BCUT2D eigenvalue weighted by atomic mass is 32.2. The average molecular weight is 389 g/mol. The molecule has 2 aromatic rings. The molecule has 1 atom stereocenters. The van der Waals surface area contributed by atoms with E-state index in [9.17, 15) is 8.42 Å². The van der Waals surface area contributed by atoms with Gasteiger partial charge in [-0.1, -0.05) is 32.9 Å². The van der Waals surface area contributed by atoms with Gasteiger partial charge >= 0.3 is 0 Å². The van der Waals surface area contributed by atoms with Gasteiger partial charge in [-0.15, -0.1) is 0 Å². The monoisotopic (exact) mass is 388 g/mol. The van der Waals surface area contributed by atoms with Crippen LogP contribution in [-0.4, -0.2) is 43.0 Å². The van der Waals surface area contributed by atoms with Crippen molar-refractivity contribution in [3.8, 4) is 0 Å². The third-order valence-corrected chi connectivity index (χ3v) is 6.72. The topological polar surface area (TPSA) is 75.2 Å². The van der Waals surface area contributed by atoms with Crippen LogP contribution in [0.15, 0.2) is 30.3 Å². The molecule has 0 spiro atoms. The fourth-order valence-corrected chi connectivity index (χ4v) is 5.04. The van der Waals surface area contributed by atoms with Crippen LogP contribution in [-0.2, 0) is 15.3 Å². The summed E-state index contributed by atoms with van der Waals surface area (Å²) in [4.78, 5) is 10.9. The number of benzene rings is 1. The first kappa shape index (κ1) is 19.6. The lowest BCUT2D eigenvalue weighted by Crippen LogP contribution is -2.33. The number of nitrogens with one attached hydrogen (secondary N) is 1. The number of aromatic nitrogens is 2. The maximum absolute atomic E-state index is 11.8. The first-order valence-corrected chi connectivity index (χ1v) is 11.0. The zero-order valence-corrected chi connectivity index (χ0v) is 17.5. The first-order chi connectivity index (χ1) is 12.5. The minimum absolute atomic E-state index is 0.0387. The van der Waals surface area contributed by atoms with Gasteiger partial charge in [0.2, 0.25) is 0 Å². The van der Waals surface area contributed by atoms with E-state index in [1.54, 1.807) is 0 Å². The molecule has 1 saturated heterocycles. The van der Waals surface area contributed by atoms with E-state index in [-0.39, 0.29) is 23.0 Å². The predicted octanol–water partition coefficient (Wildman–Crippen LogP) is 3.45. The Morgan fingerprint density at radius 3 is 2.37 bits per heavy atom. The van der Waals surface area contributed by atoms with Crippen LogP contribution in [0.3, 0.4) is 0 Å². The highest BCUT2D eigenvalue weighted by Crippen LogP contribution is 2.26. The van der Waals surface area contributed by atoms with Crippen molar-refractivity contribution in [1.29, 1.82) is 0 Å². The molecule has 1 N–H and O–H groups in total. The molecule has 3 rings (SSSR count). The molecule has 7 heteroatoms. The molecule has 0 amide bonds. The molecular weight excluding hydrogens is 360 g/mol. The van der Waals surface area contributed by atoms with Gasteiger partial charge in [0.1, 0.15) is 17.5 Å². The molecule has 27 heavy (non-hydrogen) atoms. The Morgan fingerprint density at radius 2 is 1.81 bits per heavy atom. The van der Waals surface area contributed by atoms with Crippen LogP contribution in [0.25, 0.3) is 0 Å². The van der Waals surface area contributed by atoms with E-state index in [4.69, 9.17) is 0 Å². The second-order valence-corrected chi connectivity index (χ2v) is 10.5. The summed E-state index contributed by atoms with van der Waals surface area (Å²) >= 11 is 0. The fourth-order valence-electron chi connectivity index (χ4n) is 3.27. The van der Waals surface area contributed by atoms with Crippen LogP contribution < -0.4 is 10.2 Å². The van der Waals surface area contributed by atoms with Gasteiger partial charge in [0, 0.05) is 24.8 Å². The highest BCUT2D eigenvalue weighted by Gasteiger charge is 2.31. The minimum atomic E-state index is -2.93. The van der Waals surface area contributed by atoms with Crippen molar-refractivity contribution >= 4 is 27.2 Å². The summed E-state index contributed by atoms with van der Waals surface area (Å²) in [6, 6.07) is 10.2. The molecule has 1 aromatic heterocycles. The molecule has 146 valence electrons. The number of nitrogens with zero attached hydrogens (tertiary/aromatic N) is 3. The second-order valence-electron chi connectivity index (χ2n) is 8.28. The Balaban J connectivity index is 1.79. The summed E-state index contributed by atoms with van der Waals surface area (Å²) in [5.41, 5.74) is 2.34. The molecule has 1 aromatic carbocycles. The van der Waals surface area contributed by atoms with Crippen LogP contribution in [0.5, 0.6) is 0 Å². The van der Waals surface area contributed by atoms with E-state index in [1.165, 1.54) is 5.56 Å². The quantitative estimate of drug-likeness (QED) is 0.865. The molecule has 6 nitrogen and oxygen atoms in total. The molecule has 0 saturated carbocycles. The number of hydrogen-bond donors (Lipinski definition) is 1. The summed E-state index contributed by atoms with van der Waals surface area (Å²) in [5, 5.41) is 3.33. The van der Waals surface area contributed by atoms with Gasteiger partial charge in [0.05, 0.1) is 11.5 Å². The molecule has 1 aliphatic rings. The summed E-state index contributed by atoms with van der Waals surface area (Å²) in [7, 11) is -1.04. The molecule has 1 unspecified atom stereocenters. The van der Waals surface area contributed by atoms with Gasteiger partial charge in [0.25, 0.3) is 0 Å². The Hall–Kier alpha value is -2.15. The summed E-state index contributed by atoms with van der Waals surface area (Å²) in [5.74, 6) is 2.52. The van der Waals surface area contributed by atoms with Crippen molar-refractivity contribution in [1.82, 2.24) is 9.97 Å². The van der Waals surface area contributed by atoms with Gasteiger partial charge in [0.15, 0.2) is 9.84 Å². The third kappa shape index (κ3) is 4.77. The maximum atomic E-state index is 11.8. The van der Waals surface area contributed by atoms with E-state index < -0.39 is 9.84 Å². The molecule has 0 radical (unpaired) electrons. The fraction of sp³-hybridized carbons (Fsp3) is 0.500. The minimum Gasteiger partial charge on any atom is -0.355 e. The smallest absolute Gasteiger partial charge is 0.152 e. The molecule has 0 bridgehead atoms. The Labute approximate surface area is 162 Å². The number of rotatable bonds is 4. The average Bonchev–Trinajstić information content (AvgIpc) is 2.93. The molecular formula is C20H28N4O2S. The van der Waals surface area contributed by atoms with Gasteiger partial charge in [-0.2, -0.15) is 0 Å². The number of sulfone groups is 1. The van der Waals surface area contributed by atoms with Crippen molar-refractivity contribution in [2.24, 2.45) is 0 Å². The van der Waals surface area contributed by atoms with Gasteiger partial charge in [-0.05, 0) is 36.5 Å². The van der Waals surface area contributed by atoms with Crippen molar-refractivity contribution < 1.29 is 8.42 Å². The van der Waals surface area contributed by atoms with Crippen LogP contribution >= 0.6 is 0 Å². The number of anilines is 3. The van der Waals surface area contributed by atoms with E-state index in [0.717, 1.165) is 11.5 Å². The van der Waals surface area contributed by atoms with Gasteiger partial charge in [-0.25, -0.2) is 18.4 Å². The summed E-state index contributed by atoms with van der Waals surface area (Å²) in [6.45, 7) is 8.41. The zero-order chi connectivity index (χ0) is 19.8. The highest BCUT2D eigenvalue weighted by molar-refractivity contribution is 7.91. The largest absolute Gasteiger partial charge is 0.355 e. The predicted molar refractivity (Wildman–Crippen MR) is 111 cm³/mol. The summed E-state index contributed by atoms with van der Waals surface area (Å²) in [6.07, 6.45) is 0.638. The van der Waals surface area contributed by atoms with E-state index in [2.05, 4.69) is 48.2 Å². The second kappa shape index (κ2) is 7.11. The number of hydrogen-bond acceptors (Lipinski definition) is 6. The Morgan fingerprint density at radius 1 is 1.15 bits per heavy atom. The number of aryl methyl sites for hydroxylation is 1. The van der Waals surface area contributed by atoms with Crippen LogP contribution in [0.1, 0.15) is 38.6 Å². The van der Waals surface area contributed by atoms with Crippen molar-refractivity contribution in [2.45, 2.75) is 45.6 Å². The van der Waals surface area contributed by atoms with Crippen LogP contribution in [0, 0.1) is 6.92 Å². The van der Waals surface area contributed by atoms with Crippen LogP contribution in [0.4, 0.5) is 17.3 Å². The van der Waals surface area contributed by atoms with Crippen LogP contribution in [0.2, 0.25) is 0 Å². The van der Waals surface area contributed by atoms with E-state index in [0.29, 0.717) is 18.1 Å². The van der Waals surface area contributed by atoms with E-state index in [1.807, 2.05) is 37.1 Å². The molecule has 1 aliphatic heterocycles.